The Balaban J connectivity index is 3.94. The highest BCUT2D eigenvalue weighted by Gasteiger charge is 2.16. The Morgan fingerprint density at radius 3 is 2.31 bits per heavy atom. The maximum Gasteiger partial charge on any atom is 0.506 e. The minimum absolute atomic E-state index is 0.0908. The van der Waals surface area contributed by atoms with E-state index >= 15 is 0 Å². The Morgan fingerprint density at radius 1 is 1.25 bits per heavy atom. The lowest BCUT2D eigenvalue weighted by atomic mass is 10.4. The summed E-state index contributed by atoms with van der Waals surface area (Å²) in [5.74, 6) is 0. The molecule has 1 unspecified atom stereocenters. The van der Waals surface area contributed by atoms with Crippen LogP contribution in [0.25, 0.3) is 0 Å². The van der Waals surface area contributed by atoms with E-state index in [9.17, 15) is 9.59 Å². The normalized spacial score (nSPS) is 11.6. The third-order valence-corrected chi connectivity index (χ3v) is 1.31. The lowest BCUT2D eigenvalue weighted by Gasteiger charge is -2.15. The van der Waals surface area contributed by atoms with Crippen LogP contribution in [0, 0.1) is 0 Å². The lowest BCUT2D eigenvalue weighted by molar-refractivity contribution is -0.0315. The summed E-state index contributed by atoms with van der Waals surface area (Å²) in [6.45, 7) is 5.06. The highest BCUT2D eigenvalue weighted by Crippen LogP contribution is 1.98. The minimum atomic E-state index is -1.52. The van der Waals surface area contributed by atoms with Crippen LogP contribution in [-0.2, 0) is 14.2 Å². The van der Waals surface area contributed by atoms with Crippen LogP contribution in [-0.4, -0.2) is 48.4 Å². The third kappa shape index (κ3) is 8.82. The Morgan fingerprint density at radius 2 is 1.88 bits per heavy atom. The molecule has 0 radical (unpaired) electrons. The van der Waals surface area contributed by atoms with Crippen LogP contribution in [0.5, 0.6) is 0 Å². The molecule has 0 aromatic carbocycles. The summed E-state index contributed by atoms with van der Waals surface area (Å²) < 4.78 is 13.6. The van der Waals surface area contributed by atoms with Crippen LogP contribution < -0.4 is 0 Å². The molecule has 1 atom stereocenters. The molecule has 0 spiro atoms. The van der Waals surface area contributed by atoms with Crippen LogP contribution in [0.4, 0.5) is 9.59 Å². The zero-order chi connectivity index (χ0) is 12.6. The molecule has 0 aliphatic heterocycles. The molecule has 0 aromatic rings. The van der Waals surface area contributed by atoms with Crippen molar-refractivity contribution < 1.29 is 34.0 Å². The maximum atomic E-state index is 10.3. The molecule has 7 nitrogen and oxygen atoms in total. The largest absolute Gasteiger partial charge is 0.506 e. The van der Waals surface area contributed by atoms with Crippen molar-refractivity contribution in [1.82, 2.24) is 0 Å². The zero-order valence-corrected chi connectivity index (χ0v) is 8.84. The van der Waals surface area contributed by atoms with E-state index in [1.807, 2.05) is 0 Å². The second-order valence-corrected chi connectivity index (χ2v) is 3.05. The van der Waals surface area contributed by atoms with E-state index in [2.05, 4.69) is 16.1 Å². The molecule has 0 fully saturated rings. The van der Waals surface area contributed by atoms with Crippen LogP contribution >= 0.6 is 0 Å². The number of ether oxygens (including phenoxy) is 3. The van der Waals surface area contributed by atoms with Gasteiger partial charge in [-0.3, -0.25) is 0 Å². The van der Waals surface area contributed by atoms with Gasteiger partial charge in [-0.2, -0.15) is 0 Å². The van der Waals surface area contributed by atoms with E-state index in [1.165, 1.54) is 0 Å². The molecule has 0 saturated carbocycles. The van der Waals surface area contributed by atoms with Gasteiger partial charge in [0.2, 0.25) is 0 Å². The van der Waals surface area contributed by atoms with Crippen LogP contribution in [0.1, 0.15) is 6.92 Å². The van der Waals surface area contributed by atoms with Crippen molar-refractivity contribution in [2.75, 3.05) is 19.8 Å². The lowest BCUT2D eigenvalue weighted by Crippen LogP contribution is -2.29. The fourth-order valence-electron chi connectivity index (χ4n) is 0.788. The first-order valence-corrected chi connectivity index (χ1v) is 4.39. The highest BCUT2D eigenvalue weighted by atomic mass is 16.7. The molecule has 2 N–H and O–H groups in total. The molecule has 92 valence electrons. The monoisotopic (exact) mass is 234 g/mol. The molecule has 0 aliphatic carbocycles. The van der Waals surface area contributed by atoms with Crippen LogP contribution in [0.15, 0.2) is 12.2 Å². The van der Waals surface area contributed by atoms with Gasteiger partial charge in [0.1, 0.15) is 6.61 Å². The average Bonchev–Trinajstić information content (AvgIpc) is 2.12. The van der Waals surface area contributed by atoms with Gasteiger partial charge in [0.05, 0.1) is 13.2 Å². The van der Waals surface area contributed by atoms with Gasteiger partial charge in [0.15, 0.2) is 6.10 Å². The molecule has 0 rings (SSSR count). The van der Waals surface area contributed by atoms with E-state index in [0.717, 1.165) is 5.57 Å². The van der Waals surface area contributed by atoms with Crippen molar-refractivity contribution >= 4 is 12.3 Å². The molecular weight excluding hydrogens is 220 g/mol. The van der Waals surface area contributed by atoms with Crippen molar-refractivity contribution in [3.63, 3.8) is 0 Å². The van der Waals surface area contributed by atoms with Crippen molar-refractivity contribution in [3.05, 3.63) is 12.2 Å². The first-order valence-electron chi connectivity index (χ1n) is 4.39. The molecule has 0 heterocycles. The van der Waals surface area contributed by atoms with Crippen LogP contribution in [0.3, 0.4) is 0 Å². The van der Waals surface area contributed by atoms with Gasteiger partial charge in [-0.1, -0.05) is 12.2 Å². The van der Waals surface area contributed by atoms with E-state index in [-0.39, 0.29) is 13.2 Å². The van der Waals surface area contributed by atoms with Gasteiger partial charge in [-0.15, -0.1) is 0 Å². The number of rotatable bonds is 7. The van der Waals surface area contributed by atoms with Gasteiger partial charge < -0.3 is 24.4 Å². The predicted molar refractivity (Wildman–Crippen MR) is 52.5 cm³/mol. The second kappa shape index (κ2) is 7.52. The summed E-state index contributed by atoms with van der Waals surface area (Å²) in [6, 6.07) is 0. The van der Waals surface area contributed by atoms with Crippen molar-refractivity contribution in [2.45, 2.75) is 13.0 Å². The van der Waals surface area contributed by atoms with Crippen molar-refractivity contribution in [2.24, 2.45) is 0 Å². The molecule has 0 aromatic heterocycles. The minimum Gasteiger partial charge on any atom is -0.450 e. The van der Waals surface area contributed by atoms with Gasteiger partial charge in [-0.25, -0.2) is 9.59 Å². The molecular formula is C9H14O7. The summed E-state index contributed by atoms with van der Waals surface area (Å²) >= 11 is 0. The Labute approximate surface area is 92.2 Å². The number of carboxylic acid groups (broad SMARTS) is 2. The van der Waals surface area contributed by atoms with Gasteiger partial charge >= 0.3 is 12.3 Å². The summed E-state index contributed by atoms with van der Waals surface area (Å²) in [6.07, 6.45) is -4.00. The first-order chi connectivity index (χ1) is 7.41. The zero-order valence-electron chi connectivity index (χ0n) is 8.84. The van der Waals surface area contributed by atoms with E-state index in [1.54, 1.807) is 6.92 Å². The standard InChI is InChI=1S/C9H14O7/c1-6(2)3-14-4-7(16-9(12)13)5-15-8(10)11/h7H,1,3-5H2,2H3,(H,10,11)(H,12,13). The van der Waals surface area contributed by atoms with Crippen molar-refractivity contribution in [1.29, 1.82) is 0 Å². The number of hydrogen-bond donors (Lipinski definition) is 2. The van der Waals surface area contributed by atoms with Crippen molar-refractivity contribution in [3.8, 4) is 0 Å². The van der Waals surface area contributed by atoms with E-state index in [4.69, 9.17) is 14.9 Å². The van der Waals surface area contributed by atoms with E-state index < -0.39 is 25.0 Å². The van der Waals surface area contributed by atoms with Gasteiger partial charge in [-0.05, 0) is 6.92 Å². The molecule has 0 aliphatic rings. The summed E-state index contributed by atoms with van der Waals surface area (Å²) in [5, 5.41) is 16.6. The van der Waals surface area contributed by atoms with Gasteiger partial charge in [0.25, 0.3) is 0 Å². The molecule has 0 saturated heterocycles. The number of hydrogen-bond acceptors (Lipinski definition) is 5. The SMILES string of the molecule is C=C(C)COCC(COC(=O)O)OC(=O)O. The van der Waals surface area contributed by atoms with Gasteiger partial charge in [0, 0.05) is 0 Å². The molecule has 0 bridgehead atoms. The first kappa shape index (κ1) is 14.2. The highest BCUT2D eigenvalue weighted by molar-refractivity contribution is 5.58. The van der Waals surface area contributed by atoms with Crippen LogP contribution in [0.2, 0.25) is 0 Å². The summed E-state index contributed by atoms with van der Waals surface area (Å²) in [4.78, 5) is 20.3. The maximum absolute atomic E-state index is 10.3. The Bertz CT molecular complexity index is 261. The predicted octanol–water partition coefficient (Wildman–Crippen LogP) is 1.34. The summed E-state index contributed by atoms with van der Waals surface area (Å²) in [5.41, 5.74) is 0.758. The fraction of sp³-hybridized carbons (Fsp3) is 0.556. The molecule has 7 heteroatoms. The second-order valence-electron chi connectivity index (χ2n) is 3.05. The number of carbonyl (C=O) groups is 2. The Hall–Kier alpha value is -1.76. The quantitative estimate of drug-likeness (QED) is 0.506. The molecule has 16 heavy (non-hydrogen) atoms. The Kier molecular flexibility index (Phi) is 6.69. The topological polar surface area (TPSA) is 102 Å². The van der Waals surface area contributed by atoms with E-state index in [0.29, 0.717) is 0 Å². The smallest absolute Gasteiger partial charge is 0.450 e. The average molecular weight is 234 g/mol. The third-order valence-electron chi connectivity index (χ3n) is 1.31. The fourth-order valence-corrected chi connectivity index (χ4v) is 0.788. The summed E-state index contributed by atoms with van der Waals surface area (Å²) in [7, 11) is 0. The molecule has 0 amide bonds.